The molecule has 2 aromatic carbocycles. The minimum absolute atomic E-state index is 0.0447. The highest BCUT2D eigenvalue weighted by atomic mass is 16.6. The van der Waals surface area contributed by atoms with Crippen molar-refractivity contribution in [3.63, 3.8) is 0 Å². The Kier molecular flexibility index (Phi) is 4.88. The van der Waals surface area contributed by atoms with Gasteiger partial charge in [0.15, 0.2) is 6.10 Å². The van der Waals surface area contributed by atoms with Gasteiger partial charge in [-0.1, -0.05) is 0 Å². The average molecular weight is 408 g/mol. The molecule has 152 valence electrons. The molecule has 0 radical (unpaired) electrons. The number of fused-ring (bicyclic) bond motifs is 1. The van der Waals surface area contributed by atoms with Crippen LogP contribution in [0.5, 0.6) is 5.75 Å². The Balaban J connectivity index is 1.48. The Morgan fingerprint density at radius 1 is 1.17 bits per heavy atom. The summed E-state index contributed by atoms with van der Waals surface area (Å²) in [6.45, 7) is 1.61. The molecule has 4 rings (SSSR count). The lowest BCUT2D eigenvalue weighted by atomic mass is 10.2. The third-order valence-electron chi connectivity index (χ3n) is 4.45. The van der Waals surface area contributed by atoms with Crippen LogP contribution < -0.4 is 4.74 Å². The molecular formula is C20H16N4O6. The number of non-ortho nitro benzene ring substituents is 1. The van der Waals surface area contributed by atoms with E-state index in [1.54, 1.807) is 32.2 Å². The van der Waals surface area contributed by atoms with Crippen LogP contribution in [0.3, 0.4) is 0 Å². The molecule has 0 amide bonds. The molecule has 0 saturated heterocycles. The van der Waals surface area contributed by atoms with Crippen molar-refractivity contribution in [3.05, 3.63) is 70.2 Å². The molecule has 10 heteroatoms. The number of nitro benzene ring substituents is 1. The average Bonchev–Trinajstić information content (AvgIpc) is 3.40. The smallest absolute Gasteiger partial charge is 0.355 e. The van der Waals surface area contributed by atoms with Crippen molar-refractivity contribution in [2.24, 2.45) is 0 Å². The van der Waals surface area contributed by atoms with Crippen LogP contribution >= 0.6 is 0 Å². The van der Waals surface area contributed by atoms with Gasteiger partial charge in [-0.25, -0.2) is 4.79 Å². The maximum absolute atomic E-state index is 12.5. The van der Waals surface area contributed by atoms with Gasteiger partial charge in [0.25, 0.3) is 11.6 Å². The van der Waals surface area contributed by atoms with E-state index >= 15 is 0 Å². The number of benzene rings is 2. The van der Waals surface area contributed by atoms with Crippen molar-refractivity contribution in [1.29, 1.82) is 0 Å². The van der Waals surface area contributed by atoms with E-state index in [4.69, 9.17) is 13.9 Å². The Labute approximate surface area is 169 Å². The van der Waals surface area contributed by atoms with Crippen LogP contribution in [0, 0.1) is 10.1 Å². The second kappa shape index (κ2) is 7.66. The van der Waals surface area contributed by atoms with Crippen LogP contribution in [0.25, 0.3) is 22.4 Å². The number of methoxy groups -OCH3 is 1. The van der Waals surface area contributed by atoms with E-state index in [1.165, 1.54) is 24.3 Å². The minimum Gasteiger partial charge on any atom is -0.497 e. The molecule has 4 aromatic rings. The predicted octanol–water partition coefficient (Wildman–Crippen LogP) is 4.05. The van der Waals surface area contributed by atoms with Gasteiger partial charge in [0.05, 0.1) is 12.0 Å². The van der Waals surface area contributed by atoms with Gasteiger partial charge in [0.1, 0.15) is 11.4 Å². The summed E-state index contributed by atoms with van der Waals surface area (Å²) >= 11 is 0. The van der Waals surface area contributed by atoms with E-state index < -0.39 is 17.0 Å². The summed E-state index contributed by atoms with van der Waals surface area (Å²) in [6, 6.07) is 12.8. The van der Waals surface area contributed by atoms with Crippen LogP contribution in [-0.2, 0) is 4.74 Å². The number of nitro groups is 1. The first-order valence-corrected chi connectivity index (χ1v) is 8.90. The number of H-pyrrole nitrogens is 1. The van der Waals surface area contributed by atoms with E-state index in [-0.39, 0.29) is 23.2 Å². The van der Waals surface area contributed by atoms with Crippen molar-refractivity contribution in [2.45, 2.75) is 13.0 Å². The summed E-state index contributed by atoms with van der Waals surface area (Å²) in [6.07, 6.45) is -0.794. The van der Waals surface area contributed by atoms with Crippen LogP contribution in [-0.4, -0.2) is 33.2 Å². The number of carbonyl (C=O) groups excluding carboxylic acids is 1. The fraction of sp³-hybridized carbons (Fsp3) is 0.150. The van der Waals surface area contributed by atoms with Crippen molar-refractivity contribution in [2.75, 3.05) is 7.11 Å². The third-order valence-corrected chi connectivity index (χ3v) is 4.45. The lowest BCUT2D eigenvalue weighted by Gasteiger charge is -2.08. The van der Waals surface area contributed by atoms with E-state index in [1.807, 2.05) is 6.07 Å². The maximum atomic E-state index is 12.5. The molecule has 0 spiro atoms. The maximum Gasteiger partial charge on any atom is 0.355 e. The molecular weight excluding hydrogens is 392 g/mol. The Morgan fingerprint density at radius 2 is 1.93 bits per heavy atom. The zero-order chi connectivity index (χ0) is 21.3. The molecule has 0 aliphatic heterocycles. The van der Waals surface area contributed by atoms with Gasteiger partial charge < -0.3 is 18.9 Å². The fourth-order valence-corrected chi connectivity index (χ4v) is 2.86. The number of nitrogens with one attached hydrogen (secondary N) is 1. The number of aromatic nitrogens is 3. The van der Waals surface area contributed by atoms with Gasteiger partial charge in [0.2, 0.25) is 5.89 Å². The summed E-state index contributed by atoms with van der Waals surface area (Å²) in [5.41, 5.74) is 1.49. The molecule has 1 atom stereocenters. The number of carbonyl (C=O) groups is 1. The second-order valence-electron chi connectivity index (χ2n) is 6.43. The topological polar surface area (TPSA) is 133 Å². The monoisotopic (exact) mass is 408 g/mol. The zero-order valence-corrected chi connectivity index (χ0v) is 16.0. The second-order valence-corrected chi connectivity index (χ2v) is 6.43. The Morgan fingerprint density at radius 3 is 2.63 bits per heavy atom. The van der Waals surface area contributed by atoms with Crippen LogP contribution in [0.4, 0.5) is 5.69 Å². The summed E-state index contributed by atoms with van der Waals surface area (Å²) in [4.78, 5) is 25.7. The van der Waals surface area contributed by atoms with Crippen LogP contribution in [0.2, 0.25) is 0 Å². The van der Waals surface area contributed by atoms with E-state index in [0.29, 0.717) is 11.3 Å². The fourth-order valence-electron chi connectivity index (χ4n) is 2.86. The molecule has 0 aliphatic carbocycles. The van der Waals surface area contributed by atoms with Crippen LogP contribution in [0.1, 0.15) is 29.4 Å². The number of esters is 1. The number of hydrogen-bond donors (Lipinski definition) is 1. The Hall–Kier alpha value is -4.21. The van der Waals surface area contributed by atoms with Crippen LogP contribution in [0.15, 0.2) is 52.9 Å². The third kappa shape index (κ3) is 3.70. The Bertz CT molecular complexity index is 1230. The number of hydrogen-bond acceptors (Lipinski definition) is 8. The standard InChI is InChI=1S/C20H16N4O6/c1-11(18-22-23-19(30-18)12-3-6-14(7-4-12)24(26)27)29-20(25)17-9-13-5-8-15(28-2)10-16(13)21-17/h3-11,21H,1-2H3. The summed E-state index contributed by atoms with van der Waals surface area (Å²) < 4.78 is 16.2. The van der Waals surface area contributed by atoms with Gasteiger partial charge in [-0.3, -0.25) is 10.1 Å². The normalized spacial score (nSPS) is 11.9. The number of aromatic amines is 1. The van der Waals surface area contributed by atoms with Gasteiger partial charge in [-0.2, -0.15) is 0 Å². The summed E-state index contributed by atoms with van der Waals surface area (Å²) in [7, 11) is 1.57. The van der Waals surface area contributed by atoms with Crippen molar-refractivity contribution in [3.8, 4) is 17.2 Å². The van der Waals surface area contributed by atoms with E-state index in [0.717, 1.165) is 10.9 Å². The quantitative estimate of drug-likeness (QED) is 0.287. The van der Waals surface area contributed by atoms with Gasteiger partial charge in [-0.05, 0) is 37.3 Å². The number of ether oxygens (including phenoxy) is 2. The first-order chi connectivity index (χ1) is 14.4. The molecule has 2 aromatic heterocycles. The van der Waals surface area contributed by atoms with Gasteiger partial charge in [0, 0.05) is 34.7 Å². The zero-order valence-electron chi connectivity index (χ0n) is 16.0. The lowest BCUT2D eigenvalue weighted by Crippen LogP contribution is -2.09. The predicted molar refractivity (Wildman–Crippen MR) is 105 cm³/mol. The highest BCUT2D eigenvalue weighted by molar-refractivity contribution is 5.95. The first-order valence-electron chi connectivity index (χ1n) is 8.90. The molecule has 0 saturated carbocycles. The lowest BCUT2D eigenvalue weighted by molar-refractivity contribution is -0.384. The summed E-state index contributed by atoms with van der Waals surface area (Å²) in [5, 5.41) is 19.4. The molecule has 0 fully saturated rings. The van der Waals surface area contributed by atoms with Gasteiger partial charge >= 0.3 is 5.97 Å². The van der Waals surface area contributed by atoms with E-state index in [9.17, 15) is 14.9 Å². The van der Waals surface area contributed by atoms with Crippen molar-refractivity contribution < 1.29 is 23.6 Å². The van der Waals surface area contributed by atoms with Crippen molar-refractivity contribution in [1.82, 2.24) is 15.2 Å². The minimum atomic E-state index is -0.794. The molecule has 2 heterocycles. The first kappa shape index (κ1) is 19.1. The number of nitrogens with zero attached hydrogens (tertiary/aromatic N) is 3. The molecule has 1 N–H and O–H groups in total. The highest BCUT2D eigenvalue weighted by Gasteiger charge is 2.21. The highest BCUT2D eigenvalue weighted by Crippen LogP contribution is 2.26. The molecule has 1 unspecified atom stereocenters. The SMILES string of the molecule is COc1ccc2cc(C(=O)OC(C)c3nnc(-c4ccc([N+](=O)[O-])cc4)o3)[nH]c2c1. The van der Waals surface area contributed by atoms with E-state index in [2.05, 4.69) is 15.2 Å². The molecule has 30 heavy (non-hydrogen) atoms. The molecule has 0 bridgehead atoms. The van der Waals surface area contributed by atoms with Gasteiger partial charge in [-0.15, -0.1) is 10.2 Å². The molecule has 0 aliphatic rings. The number of rotatable bonds is 6. The summed E-state index contributed by atoms with van der Waals surface area (Å²) in [5.74, 6) is 0.366. The van der Waals surface area contributed by atoms with Crippen molar-refractivity contribution >= 4 is 22.6 Å². The molecule has 10 nitrogen and oxygen atoms in total. The largest absolute Gasteiger partial charge is 0.497 e.